The van der Waals surface area contributed by atoms with Gasteiger partial charge in [-0.2, -0.15) is 0 Å². The maximum Gasteiger partial charge on any atom is 0.238 e. The third kappa shape index (κ3) is 5.43. The highest BCUT2D eigenvalue weighted by Crippen LogP contribution is 2.22. The number of hydrogen-bond acceptors (Lipinski definition) is 4. The summed E-state index contributed by atoms with van der Waals surface area (Å²) in [6.45, 7) is 4.43. The molecule has 5 nitrogen and oxygen atoms in total. The molecule has 1 heterocycles. The summed E-state index contributed by atoms with van der Waals surface area (Å²) in [6.07, 6.45) is 0. The molecule has 2 aromatic rings. The zero-order chi connectivity index (χ0) is 18.4. The first-order valence-electron chi connectivity index (χ1n) is 8.76. The Hall–Kier alpha value is -1.64. The van der Waals surface area contributed by atoms with Crippen LogP contribution >= 0.6 is 22.6 Å². The van der Waals surface area contributed by atoms with Crippen LogP contribution in [-0.4, -0.2) is 50.7 Å². The van der Waals surface area contributed by atoms with E-state index in [0.29, 0.717) is 6.54 Å². The lowest BCUT2D eigenvalue weighted by Gasteiger charge is -2.31. The van der Waals surface area contributed by atoms with Gasteiger partial charge in [0.05, 0.1) is 19.8 Å². The molecule has 1 amide bonds. The first-order valence-corrected chi connectivity index (χ1v) is 9.84. The molecule has 26 heavy (non-hydrogen) atoms. The lowest BCUT2D eigenvalue weighted by atomic mass is 10.1. The fourth-order valence-electron chi connectivity index (χ4n) is 3.08. The molecule has 0 spiro atoms. The number of nitrogens with one attached hydrogen (secondary N) is 1. The Bertz CT molecular complexity index is 730. The standard InChI is InChI=1S/C20H24IN3O2/c1-23(15-20(25)22-18-8-6-17(21)7-9-18)14-16-4-2-3-5-19(16)24-10-12-26-13-11-24/h2-9H,10-15H2,1H3,(H,22,25). The van der Waals surface area contributed by atoms with Gasteiger partial charge in [0.15, 0.2) is 0 Å². The highest BCUT2D eigenvalue weighted by Gasteiger charge is 2.16. The van der Waals surface area contributed by atoms with Gasteiger partial charge in [-0.1, -0.05) is 18.2 Å². The summed E-state index contributed by atoms with van der Waals surface area (Å²) >= 11 is 2.25. The average Bonchev–Trinajstić information content (AvgIpc) is 2.64. The quantitative estimate of drug-likeness (QED) is 0.666. The molecule has 2 aromatic carbocycles. The molecule has 0 aliphatic carbocycles. The predicted octanol–water partition coefficient (Wildman–Crippen LogP) is 3.20. The van der Waals surface area contributed by atoms with Crippen molar-refractivity contribution in [3.8, 4) is 0 Å². The monoisotopic (exact) mass is 465 g/mol. The van der Waals surface area contributed by atoms with E-state index < -0.39 is 0 Å². The molecule has 0 radical (unpaired) electrons. The Labute approximate surface area is 168 Å². The summed E-state index contributed by atoms with van der Waals surface area (Å²) in [5.41, 5.74) is 3.30. The van der Waals surface area contributed by atoms with Crippen molar-refractivity contribution >= 4 is 39.9 Å². The van der Waals surface area contributed by atoms with E-state index in [1.54, 1.807) is 0 Å². The van der Waals surface area contributed by atoms with Crippen LogP contribution in [0, 0.1) is 3.57 Å². The average molecular weight is 465 g/mol. The molecule has 0 unspecified atom stereocenters. The summed E-state index contributed by atoms with van der Waals surface area (Å²) in [5.74, 6) is -0.00226. The van der Waals surface area contributed by atoms with Crippen LogP contribution in [0.25, 0.3) is 0 Å². The molecule has 0 aromatic heterocycles. The molecule has 6 heteroatoms. The summed E-state index contributed by atoms with van der Waals surface area (Å²) in [5, 5.41) is 2.95. The van der Waals surface area contributed by atoms with Crippen LogP contribution in [-0.2, 0) is 16.1 Å². The van der Waals surface area contributed by atoms with E-state index in [1.807, 2.05) is 36.2 Å². The molecular formula is C20H24IN3O2. The molecule has 0 bridgehead atoms. The Morgan fingerprint density at radius 1 is 1.15 bits per heavy atom. The third-order valence-electron chi connectivity index (χ3n) is 4.33. The van der Waals surface area contributed by atoms with Gasteiger partial charge in [-0.3, -0.25) is 9.69 Å². The zero-order valence-electron chi connectivity index (χ0n) is 15.0. The molecule has 138 valence electrons. The van der Waals surface area contributed by atoms with Crippen molar-refractivity contribution in [2.45, 2.75) is 6.54 Å². The van der Waals surface area contributed by atoms with Crippen LogP contribution in [0.5, 0.6) is 0 Å². The van der Waals surface area contributed by atoms with Gasteiger partial charge in [0.25, 0.3) is 0 Å². The second-order valence-corrected chi connectivity index (χ2v) is 7.70. The van der Waals surface area contributed by atoms with Crippen LogP contribution < -0.4 is 10.2 Å². The fraction of sp³-hybridized carbons (Fsp3) is 0.350. The number of rotatable bonds is 6. The molecule has 1 saturated heterocycles. The summed E-state index contributed by atoms with van der Waals surface area (Å²) in [7, 11) is 1.98. The Kier molecular flexibility index (Phi) is 6.87. The minimum Gasteiger partial charge on any atom is -0.378 e. The van der Waals surface area contributed by atoms with Crippen LogP contribution in [0.4, 0.5) is 11.4 Å². The predicted molar refractivity (Wildman–Crippen MR) is 114 cm³/mol. The first-order chi connectivity index (χ1) is 12.6. The molecule has 1 N–H and O–H groups in total. The lowest BCUT2D eigenvalue weighted by molar-refractivity contribution is -0.117. The van der Waals surface area contributed by atoms with E-state index in [1.165, 1.54) is 11.3 Å². The minimum absolute atomic E-state index is 0.00226. The van der Waals surface area contributed by atoms with Gasteiger partial charge in [0, 0.05) is 34.6 Å². The molecule has 0 atom stereocenters. The number of halogens is 1. The number of likely N-dealkylation sites (N-methyl/N-ethyl adjacent to an activating group) is 1. The van der Waals surface area contributed by atoms with E-state index in [-0.39, 0.29) is 5.91 Å². The SMILES string of the molecule is CN(CC(=O)Nc1ccc(I)cc1)Cc1ccccc1N1CCOCC1. The second kappa shape index (κ2) is 9.34. The summed E-state index contributed by atoms with van der Waals surface area (Å²) in [6, 6.07) is 16.2. The minimum atomic E-state index is -0.00226. The van der Waals surface area contributed by atoms with Gasteiger partial charge in [0.2, 0.25) is 5.91 Å². The van der Waals surface area contributed by atoms with Crippen molar-refractivity contribution in [3.63, 3.8) is 0 Å². The highest BCUT2D eigenvalue weighted by molar-refractivity contribution is 14.1. The van der Waals surface area contributed by atoms with Crippen molar-refractivity contribution in [2.24, 2.45) is 0 Å². The first kappa shape index (κ1) is 19.1. The Morgan fingerprint density at radius 2 is 1.85 bits per heavy atom. The number of hydrogen-bond donors (Lipinski definition) is 1. The van der Waals surface area contributed by atoms with Crippen molar-refractivity contribution in [2.75, 3.05) is 50.1 Å². The van der Waals surface area contributed by atoms with Gasteiger partial charge in [0.1, 0.15) is 0 Å². The van der Waals surface area contributed by atoms with Gasteiger partial charge in [-0.15, -0.1) is 0 Å². The maximum absolute atomic E-state index is 12.3. The number of ether oxygens (including phenoxy) is 1. The molecule has 1 aliphatic rings. The van der Waals surface area contributed by atoms with Crippen LogP contribution in [0.1, 0.15) is 5.56 Å². The van der Waals surface area contributed by atoms with E-state index in [9.17, 15) is 4.79 Å². The number of anilines is 2. The van der Waals surface area contributed by atoms with E-state index >= 15 is 0 Å². The van der Waals surface area contributed by atoms with Crippen molar-refractivity contribution in [3.05, 3.63) is 57.7 Å². The maximum atomic E-state index is 12.3. The third-order valence-corrected chi connectivity index (χ3v) is 5.04. The number of benzene rings is 2. The molecule has 1 aliphatic heterocycles. The number of nitrogens with zero attached hydrogens (tertiary/aromatic N) is 2. The van der Waals surface area contributed by atoms with E-state index in [0.717, 1.165) is 42.1 Å². The largest absolute Gasteiger partial charge is 0.378 e. The normalized spacial score (nSPS) is 14.5. The lowest BCUT2D eigenvalue weighted by Crippen LogP contribution is -2.37. The molecular weight excluding hydrogens is 441 g/mol. The molecule has 3 rings (SSSR count). The van der Waals surface area contributed by atoms with Gasteiger partial charge in [-0.25, -0.2) is 0 Å². The van der Waals surface area contributed by atoms with E-state index in [2.05, 4.69) is 57.1 Å². The highest BCUT2D eigenvalue weighted by atomic mass is 127. The number of amides is 1. The number of carbonyl (C=O) groups excluding carboxylic acids is 1. The van der Waals surface area contributed by atoms with E-state index in [4.69, 9.17) is 4.74 Å². The van der Waals surface area contributed by atoms with Crippen molar-refractivity contribution in [1.82, 2.24) is 4.90 Å². The Balaban J connectivity index is 1.58. The fourth-order valence-corrected chi connectivity index (χ4v) is 3.44. The number of carbonyl (C=O) groups is 1. The second-order valence-electron chi connectivity index (χ2n) is 6.46. The van der Waals surface area contributed by atoms with Gasteiger partial charge >= 0.3 is 0 Å². The van der Waals surface area contributed by atoms with Crippen molar-refractivity contribution < 1.29 is 9.53 Å². The summed E-state index contributed by atoms with van der Waals surface area (Å²) < 4.78 is 6.60. The van der Waals surface area contributed by atoms with Crippen LogP contribution in [0.2, 0.25) is 0 Å². The summed E-state index contributed by atoms with van der Waals surface area (Å²) in [4.78, 5) is 16.7. The molecule has 0 saturated carbocycles. The Morgan fingerprint density at radius 3 is 2.58 bits per heavy atom. The zero-order valence-corrected chi connectivity index (χ0v) is 17.1. The number of para-hydroxylation sites is 1. The van der Waals surface area contributed by atoms with Gasteiger partial charge in [-0.05, 0) is 65.5 Å². The molecule has 1 fully saturated rings. The van der Waals surface area contributed by atoms with Crippen LogP contribution in [0.3, 0.4) is 0 Å². The van der Waals surface area contributed by atoms with Gasteiger partial charge < -0.3 is 15.0 Å². The smallest absolute Gasteiger partial charge is 0.238 e. The van der Waals surface area contributed by atoms with Crippen molar-refractivity contribution in [1.29, 1.82) is 0 Å². The number of morpholine rings is 1. The van der Waals surface area contributed by atoms with Crippen LogP contribution in [0.15, 0.2) is 48.5 Å². The topological polar surface area (TPSA) is 44.8 Å².